The largest absolute Gasteiger partial charge is 0.497 e. The molecule has 0 aliphatic rings. The molecule has 25 heavy (non-hydrogen) atoms. The van der Waals surface area contributed by atoms with E-state index in [0.29, 0.717) is 18.0 Å². The fourth-order valence-electron chi connectivity index (χ4n) is 1.90. The van der Waals surface area contributed by atoms with E-state index in [2.05, 4.69) is 15.8 Å². The molecule has 2 amide bonds. The number of methoxy groups -OCH3 is 1. The Balaban J connectivity index is 1.84. The van der Waals surface area contributed by atoms with Crippen molar-refractivity contribution in [2.75, 3.05) is 19.0 Å². The van der Waals surface area contributed by atoms with E-state index in [1.165, 1.54) is 6.21 Å². The van der Waals surface area contributed by atoms with E-state index in [-0.39, 0.29) is 0 Å². The van der Waals surface area contributed by atoms with Gasteiger partial charge in [-0.2, -0.15) is 5.10 Å². The zero-order chi connectivity index (χ0) is 18.1. The molecule has 0 aliphatic heterocycles. The maximum absolute atomic E-state index is 11.8. The van der Waals surface area contributed by atoms with Crippen LogP contribution in [0.3, 0.4) is 0 Å². The fourth-order valence-corrected chi connectivity index (χ4v) is 1.90. The summed E-state index contributed by atoms with van der Waals surface area (Å²) in [6, 6.07) is 13.8. The van der Waals surface area contributed by atoms with Crippen LogP contribution in [0.1, 0.15) is 12.5 Å². The van der Waals surface area contributed by atoms with Gasteiger partial charge in [-0.3, -0.25) is 9.59 Å². The minimum atomic E-state index is -0.862. The Morgan fingerprint density at radius 2 is 1.64 bits per heavy atom. The van der Waals surface area contributed by atoms with Gasteiger partial charge in [0, 0.05) is 5.69 Å². The average Bonchev–Trinajstić information content (AvgIpc) is 2.64. The number of carbonyl (C=O) groups excluding carboxylic acids is 2. The molecule has 7 heteroatoms. The van der Waals surface area contributed by atoms with Crippen LogP contribution >= 0.6 is 0 Å². The van der Waals surface area contributed by atoms with Gasteiger partial charge in [-0.15, -0.1) is 0 Å². The molecular weight excluding hydrogens is 322 g/mol. The summed E-state index contributed by atoms with van der Waals surface area (Å²) in [6.07, 6.45) is 1.43. The normalized spacial score (nSPS) is 10.3. The number of nitrogens with zero attached hydrogens (tertiary/aromatic N) is 1. The van der Waals surface area contributed by atoms with Gasteiger partial charge in [-0.1, -0.05) is 0 Å². The lowest BCUT2D eigenvalue weighted by atomic mass is 10.2. The molecule has 0 aromatic heterocycles. The summed E-state index contributed by atoms with van der Waals surface area (Å²) in [5, 5.41) is 6.23. The second-order valence-corrected chi connectivity index (χ2v) is 4.88. The topological polar surface area (TPSA) is 89.0 Å². The first-order valence-electron chi connectivity index (χ1n) is 7.63. The van der Waals surface area contributed by atoms with Crippen LogP contribution in [0.5, 0.6) is 11.5 Å². The lowest BCUT2D eigenvalue weighted by molar-refractivity contribution is -0.136. The van der Waals surface area contributed by atoms with Crippen molar-refractivity contribution >= 4 is 23.7 Å². The first-order chi connectivity index (χ1) is 12.1. The van der Waals surface area contributed by atoms with Crippen molar-refractivity contribution in [3.05, 3.63) is 54.1 Å². The van der Waals surface area contributed by atoms with Crippen molar-refractivity contribution in [2.45, 2.75) is 6.92 Å². The van der Waals surface area contributed by atoms with Crippen molar-refractivity contribution < 1.29 is 19.1 Å². The lowest BCUT2D eigenvalue weighted by Crippen LogP contribution is -2.32. The molecule has 7 nitrogen and oxygen atoms in total. The number of anilines is 1. The van der Waals surface area contributed by atoms with Crippen LogP contribution < -0.4 is 20.2 Å². The minimum Gasteiger partial charge on any atom is -0.497 e. The molecule has 0 saturated heterocycles. The van der Waals surface area contributed by atoms with Crippen molar-refractivity contribution in [2.24, 2.45) is 5.10 Å². The quantitative estimate of drug-likeness (QED) is 0.479. The first kappa shape index (κ1) is 18.0. The average molecular weight is 341 g/mol. The van der Waals surface area contributed by atoms with E-state index < -0.39 is 11.8 Å². The van der Waals surface area contributed by atoms with E-state index in [0.717, 1.165) is 11.3 Å². The number of ether oxygens (including phenoxy) is 2. The smallest absolute Gasteiger partial charge is 0.329 e. The third-order valence-corrected chi connectivity index (χ3v) is 3.12. The van der Waals surface area contributed by atoms with E-state index in [1.807, 2.05) is 6.92 Å². The summed E-state index contributed by atoms with van der Waals surface area (Å²) < 4.78 is 10.3. The highest BCUT2D eigenvalue weighted by molar-refractivity contribution is 6.39. The van der Waals surface area contributed by atoms with Gasteiger partial charge >= 0.3 is 11.8 Å². The van der Waals surface area contributed by atoms with Crippen LogP contribution in [0.25, 0.3) is 0 Å². The maximum atomic E-state index is 11.8. The van der Waals surface area contributed by atoms with Crippen molar-refractivity contribution in [1.29, 1.82) is 0 Å². The number of hydrogen-bond acceptors (Lipinski definition) is 5. The molecule has 0 fully saturated rings. The van der Waals surface area contributed by atoms with Gasteiger partial charge in [0.2, 0.25) is 0 Å². The molecule has 0 unspecified atom stereocenters. The van der Waals surface area contributed by atoms with Crippen LogP contribution in [-0.2, 0) is 9.59 Å². The van der Waals surface area contributed by atoms with Gasteiger partial charge in [0.25, 0.3) is 0 Å². The Bertz CT molecular complexity index is 740. The minimum absolute atomic E-state index is 0.489. The van der Waals surface area contributed by atoms with Crippen LogP contribution in [-0.4, -0.2) is 31.7 Å². The zero-order valence-corrected chi connectivity index (χ0v) is 14.0. The maximum Gasteiger partial charge on any atom is 0.329 e. The van der Waals surface area contributed by atoms with Gasteiger partial charge < -0.3 is 14.8 Å². The molecule has 0 atom stereocenters. The fraction of sp³-hybridized carbons (Fsp3) is 0.167. The van der Waals surface area contributed by atoms with Gasteiger partial charge in [-0.05, 0) is 61.0 Å². The monoisotopic (exact) mass is 341 g/mol. The summed E-state index contributed by atoms with van der Waals surface area (Å²) in [5.74, 6) is -0.264. The highest BCUT2D eigenvalue weighted by Gasteiger charge is 2.12. The molecule has 0 aliphatic carbocycles. The second kappa shape index (κ2) is 9.07. The second-order valence-electron chi connectivity index (χ2n) is 4.88. The van der Waals surface area contributed by atoms with Crippen LogP contribution in [0.4, 0.5) is 5.69 Å². The van der Waals surface area contributed by atoms with Gasteiger partial charge in [0.1, 0.15) is 11.5 Å². The Labute approximate surface area is 145 Å². The number of hydrogen-bond donors (Lipinski definition) is 2. The summed E-state index contributed by atoms with van der Waals surface area (Å²) in [6.45, 7) is 2.44. The number of rotatable bonds is 6. The predicted octanol–water partition coefficient (Wildman–Crippen LogP) is 2.18. The first-order valence-corrected chi connectivity index (χ1v) is 7.63. The Morgan fingerprint density at radius 1 is 1.00 bits per heavy atom. The predicted molar refractivity (Wildman–Crippen MR) is 95.0 cm³/mol. The van der Waals surface area contributed by atoms with Gasteiger partial charge in [-0.25, -0.2) is 5.43 Å². The Kier molecular flexibility index (Phi) is 6.53. The SMILES string of the molecule is CCOc1ccc(NC(=O)C(=O)N/N=C\c2ccc(OC)cc2)cc1. The molecule has 0 radical (unpaired) electrons. The molecule has 0 heterocycles. The van der Waals surface area contributed by atoms with E-state index in [4.69, 9.17) is 9.47 Å². The third-order valence-electron chi connectivity index (χ3n) is 3.12. The number of benzene rings is 2. The summed E-state index contributed by atoms with van der Waals surface area (Å²) in [7, 11) is 1.58. The third kappa shape index (κ3) is 5.65. The standard InChI is InChI=1S/C18H19N3O4/c1-3-25-16-10-6-14(7-11-16)20-17(22)18(23)21-19-12-13-4-8-15(24-2)9-5-13/h4-12H,3H2,1-2H3,(H,20,22)(H,21,23)/b19-12-. The van der Waals surface area contributed by atoms with E-state index >= 15 is 0 Å². The van der Waals surface area contributed by atoms with Gasteiger partial charge in [0.15, 0.2) is 0 Å². The highest BCUT2D eigenvalue weighted by atomic mass is 16.5. The molecule has 0 spiro atoms. The van der Waals surface area contributed by atoms with Gasteiger partial charge in [0.05, 0.1) is 19.9 Å². The van der Waals surface area contributed by atoms with Crippen molar-refractivity contribution in [3.63, 3.8) is 0 Å². The number of hydrazone groups is 1. The van der Waals surface area contributed by atoms with Crippen molar-refractivity contribution in [1.82, 2.24) is 5.43 Å². The molecule has 2 aromatic rings. The van der Waals surface area contributed by atoms with Crippen molar-refractivity contribution in [3.8, 4) is 11.5 Å². The molecule has 2 N–H and O–H groups in total. The van der Waals surface area contributed by atoms with Crippen LogP contribution in [0.2, 0.25) is 0 Å². The summed E-state index contributed by atoms with van der Waals surface area (Å²) >= 11 is 0. The van der Waals surface area contributed by atoms with Crippen LogP contribution in [0, 0.1) is 0 Å². The number of nitrogens with one attached hydrogen (secondary N) is 2. The number of amides is 2. The molecule has 0 bridgehead atoms. The van der Waals surface area contributed by atoms with E-state index in [1.54, 1.807) is 55.6 Å². The molecular formula is C18H19N3O4. The molecule has 0 saturated carbocycles. The number of carbonyl (C=O) groups is 2. The molecule has 2 aromatic carbocycles. The van der Waals surface area contributed by atoms with E-state index in [9.17, 15) is 9.59 Å². The lowest BCUT2D eigenvalue weighted by Gasteiger charge is -2.06. The molecule has 130 valence electrons. The van der Waals surface area contributed by atoms with Crippen LogP contribution in [0.15, 0.2) is 53.6 Å². The molecule has 2 rings (SSSR count). The summed E-state index contributed by atoms with van der Waals surface area (Å²) in [5.41, 5.74) is 3.42. The Morgan fingerprint density at radius 3 is 2.24 bits per heavy atom. The summed E-state index contributed by atoms with van der Waals surface area (Å²) in [4.78, 5) is 23.5. The Hall–Kier alpha value is -3.35. The highest BCUT2D eigenvalue weighted by Crippen LogP contribution is 2.15. The zero-order valence-electron chi connectivity index (χ0n) is 14.0.